The third kappa shape index (κ3) is 5.61. The van der Waals surface area contributed by atoms with E-state index in [0.717, 1.165) is 12.8 Å². The van der Waals surface area contributed by atoms with Gasteiger partial charge in [-0.3, -0.25) is 4.79 Å². The Morgan fingerprint density at radius 2 is 1.88 bits per heavy atom. The molecule has 0 fully saturated rings. The molecule has 2 rings (SSSR count). The number of aliphatic hydroxyl groups excluding tert-OH is 1. The van der Waals surface area contributed by atoms with Crippen LogP contribution >= 0.6 is 0 Å². The molecule has 0 bridgehead atoms. The van der Waals surface area contributed by atoms with Gasteiger partial charge in [-0.05, 0) is 39.2 Å². The largest absolute Gasteiger partial charge is 0.503 e. The fourth-order valence-corrected chi connectivity index (χ4v) is 2.72. The minimum Gasteiger partial charge on any atom is -0.503 e. The van der Waals surface area contributed by atoms with E-state index in [2.05, 4.69) is 29.4 Å². The highest BCUT2D eigenvalue weighted by Gasteiger charge is 2.15. The number of aromatic hydroxyl groups is 1. The van der Waals surface area contributed by atoms with Crippen LogP contribution in [0.3, 0.4) is 0 Å². The van der Waals surface area contributed by atoms with Crippen LogP contribution in [0.4, 0.5) is 0 Å². The lowest BCUT2D eigenvalue weighted by molar-refractivity contribution is 0.102. The van der Waals surface area contributed by atoms with E-state index in [0.29, 0.717) is 17.9 Å². The van der Waals surface area contributed by atoms with E-state index in [1.807, 2.05) is 18.2 Å². The number of rotatable bonds is 9. The zero-order valence-electron chi connectivity index (χ0n) is 15.6. The second-order valence-corrected chi connectivity index (χ2v) is 6.68. The lowest BCUT2D eigenvalue weighted by Gasteiger charge is -2.18. The van der Waals surface area contributed by atoms with Crippen molar-refractivity contribution < 1.29 is 14.9 Å². The first-order valence-electron chi connectivity index (χ1n) is 8.89. The quantitative estimate of drug-likeness (QED) is 0.549. The number of aryl methyl sites for hydroxylation is 3. The van der Waals surface area contributed by atoms with Gasteiger partial charge >= 0.3 is 0 Å². The molecule has 4 N–H and O–H groups in total. The van der Waals surface area contributed by atoms with Crippen molar-refractivity contribution >= 4 is 0 Å². The van der Waals surface area contributed by atoms with E-state index in [4.69, 9.17) is 4.74 Å². The predicted octanol–water partition coefficient (Wildman–Crippen LogP) is 2.05. The van der Waals surface area contributed by atoms with Gasteiger partial charge < -0.3 is 25.3 Å². The number of aliphatic hydroxyl groups is 1. The Labute approximate surface area is 153 Å². The van der Waals surface area contributed by atoms with E-state index >= 15 is 0 Å². The Morgan fingerprint density at radius 1 is 1.19 bits per heavy atom. The van der Waals surface area contributed by atoms with Crippen molar-refractivity contribution in [2.24, 2.45) is 0 Å². The van der Waals surface area contributed by atoms with E-state index in [1.165, 1.54) is 5.56 Å². The van der Waals surface area contributed by atoms with E-state index in [-0.39, 0.29) is 24.1 Å². The number of nitrogens with one attached hydrogen (secondary N) is 2. The monoisotopic (exact) mass is 360 g/mol. The lowest BCUT2D eigenvalue weighted by atomic mass is 10.1. The summed E-state index contributed by atoms with van der Waals surface area (Å²) in [5, 5.41) is 23.1. The van der Waals surface area contributed by atoms with Crippen molar-refractivity contribution in [1.29, 1.82) is 0 Å². The Kier molecular flexibility index (Phi) is 7.24. The van der Waals surface area contributed by atoms with Crippen molar-refractivity contribution in [3.63, 3.8) is 0 Å². The van der Waals surface area contributed by atoms with Crippen LogP contribution < -0.4 is 15.5 Å². The van der Waals surface area contributed by atoms with E-state index in [1.54, 1.807) is 13.8 Å². The normalized spacial score (nSPS) is 13.4. The second kappa shape index (κ2) is 9.40. The van der Waals surface area contributed by atoms with Gasteiger partial charge in [0.1, 0.15) is 12.7 Å². The smallest absolute Gasteiger partial charge is 0.265 e. The zero-order chi connectivity index (χ0) is 19.1. The highest BCUT2D eigenvalue weighted by Crippen LogP contribution is 2.17. The molecule has 0 saturated heterocycles. The van der Waals surface area contributed by atoms with Crippen molar-refractivity contribution in [2.75, 3.05) is 13.2 Å². The molecule has 0 aliphatic heterocycles. The van der Waals surface area contributed by atoms with Gasteiger partial charge in [-0.2, -0.15) is 0 Å². The van der Waals surface area contributed by atoms with E-state index < -0.39 is 11.5 Å². The summed E-state index contributed by atoms with van der Waals surface area (Å²) in [6.07, 6.45) is 1.18. The molecule has 0 aliphatic carbocycles. The molecular weight excluding hydrogens is 332 g/mol. The second-order valence-electron chi connectivity index (χ2n) is 6.68. The minimum atomic E-state index is -0.753. The van der Waals surface area contributed by atoms with Crippen LogP contribution in [0.15, 0.2) is 35.1 Å². The van der Waals surface area contributed by atoms with Crippen LogP contribution in [-0.2, 0) is 6.42 Å². The number of pyridine rings is 1. The molecule has 0 spiro atoms. The molecular formula is C20H28N2O4. The molecule has 6 heteroatoms. The lowest BCUT2D eigenvalue weighted by Crippen LogP contribution is -2.37. The van der Waals surface area contributed by atoms with Gasteiger partial charge in [0.25, 0.3) is 5.43 Å². The fraction of sp³-hybridized carbons (Fsp3) is 0.450. The molecule has 0 amide bonds. The summed E-state index contributed by atoms with van der Waals surface area (Å²) in [7, 11) is 0. The standard InChI is InChI=1S/C20H28N2O4/c1-13(9-10-16-7-5-4-6-8-16)21-11-17(23)12-26-20-15(3)22-14(2)18(24)19(20)25/h4-8,13,17,21,23-24H,9-12H2,1-3H3,(H,22,25). The first kappa shape index (κ1) is 20.0. The summed E-state index contributed by atoms with van der Waals surface area (Å²) in [6.45, 7) is 5.72. The maximum absolute atomic E-state index is 12.0. The van der Waals surface area contributed by atoms with Crippen LogP contribution in [0.25, 0.3) is 0 Å². The SMILES string of the molecule is Cc1[nH]c(C)c(OCC(O)CNC(C)CCc2ccccc2)c(=O)c1O. The number of ether oxygens (including phenoxy) is 1. The molecule has 1 heterocycles. The summed E-state index contributed by atoms with van der Waals surface area (Å²) in [5.41, 5.74) is 1.66. The molecule has 1 aromatic heterocycles. The van der Waals surface area contributed by atoms with Crippen LogP contribution in [0.2, 0.25) is 0 Å². The molecule has 142 valence electrons. The average molecular weight is 360 g/mol. The van der Waals surface area contributed by atoms with Crippen LogP contribution in [0.1, 0.15) is 30.3 Å². The number of hydrogen-bond donors (Lipinski definition) is 4. The highest BCUT2D eigenvalue weighted by molar-refractivity contribution is 5.38. The first-order valence-corrected chi connectivity index (χ1v) is 8.89. The Morgan fingerprint density at radius 3 is 2.58 bits per heavy atom. The van der Waals surface area contributed by atoms with Crippen LogP contribution in [0.5, 0.6) is 11.5 Å². The molecule has 6 nitrogen and oxygen atoms in total. The van der Waals surface area contributed by atoms with Crippen molar-refractivity contribution in [3.05, 3.63) is 57.5 Å². The van der Waals surface area contributed by atoms with Gasteiger partial charge in [0, 0.05) is 12.6 Å². The summed E-state index contributed by atoms with van der Waals surface area (Å²) in [4.78, 5) is 14.9. The Balaban J connectivity index is 1.76. The number of aromatic amines is 1. The summed E-state index contributed by atoms with van der Waals surface area (Å²) in [5.74, 6) is -0.308. The van der Waals surface area contributed by atoms with Gasteiger partial charge in [0.15, 0.2) is 11.5 Å². The molecule has 0 radical (unpaired) electrons. The van der Waals surface area contributed by atoms with Crippen LogP contribution in [0, 0.1) is 13.8 Å². The predicted molar refractivity (Wildman–Crippen MR) is 102 cm³/mol. The number of hydrogen-bond acceptors (Lipinski definition) is 5. The third-order valence-electron chi connectivity index (χ3n) is 4.32. The van der Waals surface area contributed by atoms with E-state index in [9.17, 15) is 15.0 Å². The number of H-pyrrole nitrogens is 1. The molecule has 0 aliphatic rings. The molecule has 0 saturated carbocycles. The Bertz CT molecular complexity index is 758. The number of aromatic nitrogens is 1. The maximum atomic E-state index is 12.0. The molecule has 2 atom stereocenters. The third-order valence-corrected chi connectivity index (χ3v) is 4.32. The summed E-state index contributed by atoms with van der Waals surface area (Å²) < 4.78 is 5.43. The fourth-order valence-electron chi connectivity index (χ4n) is 2.72. The summed E-state index contributed by atoms with van der Waals surface area (Å²) >= 11 is 0. The van der Waals surface area contributed by atoms with Gasteiger partial charge in [0.2, 0.25) is 0 Å². The van der Waals surface area contributed by atoms with Crippen LogP contribution in [-0.4, -0.2) is 40.5 Å². The molecule has 2 unspecified atom stereocenters. The van der Waals surface area contributed by atoms with Crippen molar-refractivity contribution in [2.45, 2.75) is 45.8 Å². The number of benzene rings is 1. The van der Waals surface area contributed by atoms with Crippen molar-refractivity contribution in [1.82, 2.24) is 10.3 Å². The minimum absolute atomic E-state index is 0.0230. The van der Waals surface area contributed by atoms with Gasteiger partial charge in [-0.25, -0.2) is 0 Å². The van der Waals surface area contributed by atoms with Gasteiger partial charge in [-0.1, -0.05) is 30.3 Å². The highest BCUT2D eigenvalue weighted by atomic mass is 16.5. The van der Waals surface area contributed by atoms with Gasteiger partial charge in [0.05, 0.1) is 11.4 Å². The Hall–Kier alpha value is -2.31. The average Bonchev–Trinajstić information content (AvgIpc) is 2.63. The van der Waals surface area contributed by atoms with Gasteiger partial charge in [-0.15, -0.1) is 0 Å². The topological polar surface area (TPSA) is 94.6 Å². The maximum Gasteiger partial charge on any atom is 0.265 e. The first-order chi connectivity index (χ1) is 12.4. The molecule has 2 aromatic rings. The summed E-state index contributed by atoms with van der Waals surface area (Å²) in [6, 6.07) is 10.5. The molecule has 1 aromatic carbocycles. The van der Waals surface area contributed by atoms with Crippen molar-refractivity contribution in [3.8, 4) is 11.5 Å². The zero-order valence-corrected chi connectivity index (χ0v) is 15.6. The molecule has 26 heavy (non-hydrogen) atoms.